The van der Waals surface area contributed by atoms with Crippen LogP contribution in [0.5, 0.6) is 11.5 Å². The van der Waals surface area contributed by atoms with Gasteiger partial charge in [0.25, 0.3) is 15.9 Å². The lowest BCUT2D eigenvalue weighted by molar-refractivity contribution is 0.102. The number of aromatic hydroxyl groups is 1. The summed E-state index contributed by atoms with van der Waals surface area (Å²) in [5.41, 5.74) is 1.74. The summed E-state index contributed by atoms with van der Waals surface area (Å²) in [5, 5.41) is 12.7. The molecular weight excluding hydrogens is 404 g/mol. The maximum absolute atomic E-state index is 12.8. The van der Waals surface area contributed by atoms with Gasteiger partial charge in [-0.3, -0.25) is 9.52 Å². The van der Waals surface area contributed by atoms with Gasteiger partial charge in [-0.2, -0.15) is 0 Å². The summed E-state index contributed by atoms with van der Waals surface area (Å²) >= 11 is 0. The number of phenols is 1. The van der Waals surface area contributed by atoms with E-state index in [1.165, 1.54) is 25.3 Å². The third-order valence-corrected chi connectivity index (χ3v) is 5.87. The van der Waals surface area contributed by atoms with Crippen molar-refractivity contribution in [3.63, 3.8) is 0 Å². The van der Waals surface area contributed by atoms with Gasteiger partial charge in [0.15, 0.2) is 0 Å². The molecule has 0 radical (unpaired) electrons. The first-order valence-electron chi connectivity index (χ1n) is 9.23. The van der Waals surface area contributed by atoms with Crippen LogP contribution in [0.1, 0.15) is 22.8 Å². The summed E-state index contributed by atoms with van der Waals surface area (Å²) < 4.78 is 33.2. The van der Waals surface area contributed by atoms with Crippen LogP contribution >= 0.6 is 0 Å². The molecule has 3 aromatic rings. The molecule has 0 atom stereocenters. The molecule has 0 aliphatic rings. The van der Waals surface area contributed by atoms with E-state index in [9.17, 15) is 18.3 Å². The molecule has 0 saturated carbocycles. The van der Waals surface area contributed by atoms with Gasteiger partial charge in [-0.1, -0.05) is 31.2 Å². The number of carbonyl (C=O) groups is 1. The van der Waals surface area contributed by atoms with Crippen LogP contribution in [0.2, 0.25) is 0 Å². The Labute approximate surface area is 175 Å². The minimum absolute atomic E-state index is 0.0116. The van der Waals surface area contributed by atoms with E-state index in [1.54, 1.807) is 36.4 Å². The molecule has 156 valence electrons. The normalized spacial score (nSPS) is 11.0. The van der Waals surface area contributed by atoms with E-state index in [4.69, 9.17) is 4.74 Å². The molecular formula is C22H22N2O5S. The van der Waals surface area contributed by atoms with Gasteiger partial charge in [0.05, 0.1) is 23.4 Å². The second-order valence-electron chi connectivity index (χ2n) is 6.49. The molecule has 0 aliphatic carbocycles. The van der Waals surface area contributed by atoms with Gasteiger partial charge in [-0.05, 0) is 54.4 Å². The molecule has 0 bridgehead atoms. The summed E-state index contributed by atoms with van der Waals surface area (Å²) in [6.45, 7) is 2.01. The highest BCUT2D eigenvalue weighted by Crippen LogP contribution is 2.30. The molecule has 8 heteroatoms. The highest BCUT2D eigenvalue weighted by molar-refractivity contribution is 7.92. The van der Waals surface area contributed by atoms with Gasteiger partial charge in [0, 0.05) is 5.56 Å². The van der Waals surface area contributed by atoms with E-state index < -0.39 is 15.9 Å². The van der Waals surface area contributed by atoms with Crippen LogP contribution in [-0.2, 0) is 16.4 Å². The third-order valence-electron chi connectivity index (χ3n) is 4.50. The van der Waals surface area contributed by atoms with Gasteiger partial charge in [0.2, 0.25) is 0 Å². The topological polar surface area (TPSA) is 105 Å². The Morgan fingerprint density at radius 1 is 1.00 bits per heavy atom. The molecule has 0 fully saturated rings. The van der Waals surface area contributed by atoms with E-state index in [2.05, 4.69) is 10.0 Å². The molecule has 3 aromatic carbocycles. The molecule has 0 aromatic heterocycles. The predicted molar refractivity (Wildman–Crippen MR) is 116 cm³/mol. The zero-order valence-electron chi connectivity index (χ0n) is 16.5. The SMILES string of the molecule is CCc1ccc(C(=O)Nc2cc(S(=O)(=O)Nc3ccccc3OC)ccc2O)cc1. The molecule has 3 N–H and O–H groups in total. The lowest BCUT2D eigenvalue weighted by Crippen LogP contribution is -2.15. The summed E-state index contributed by atoms with van der Waals surface area (Å²) in [6.07, 6.45) is 0.849. The van der Waals surface area contributed by atoms with Crippen molar-refractivity contribution in [3.05, 3.63) is 77.9 Å². The summed E-state index contributed by atoms with van der Waals surface area (Å²) in [6, 6.07) is 17.3. The number of ether oxygens (including phenoxy) is 1. The number of amides is 1. The molecule has 0 saturated heterocycles. The number of phenolic OH excluding ortho intramolecular Hbond substituents is 1. The number of anilines is 2. The highest BCUT2D eigenvalue weighted by atomic mass is 32.2. The first-order valence-corrected chi connectivity index (χ1v) is 10.7. The van der Waals surface area contributed by atoms with Crippen molar-refractivity contribution in [2.45, 2.75) is 18.2 Å². The maximum atomic E-state index is 12.8. The number of hydrogen-bond donors (Lipinski definition) is 3. The number of rotatable bonds is 7. The fraction of sp³-hybridized carbons (Fsp3) is 0.136. The fourth-order valence-corrected chi connectivity index (χ4v) is 3.90. The Hall–Kier alpha value is -3.52. The highest BCUT2D eigenvalue weighted by Gasteiger charge is 2.19. The van der Waals surface area contributed by atoms with Crippen LogP contribution in [0.25, 0.3) is 0 Å². The van der Waals surface area contributed by atoms with E-state index in [0.29, 0.717) is 11.3 Å². The number of sulfonamides is 1. The second-order valence-corrected chi connectivity index (χ2v) is 8.17. The number of methoxy groups -OCH3 is 1. The van der Waals surface area contributed by atoms with E-state index in [0.717, 1.165) is 12.0 Å². The van der Waals surface area contributed by atoms with Gasteiger partial charge in [-0.15, -0.1) is 0 Å². The number of nitrogens with one attached hydrogen (secondary N) is 2. The lowest BCUT2D eigenvalue weighted by atomic mass is 10.1. The second kappa shape index (κ2) is 8.87. The fourth-order valence-electron chi connectivity index (χ4n) is 2.80. The Bertz CT molecular complexity index is 1160. The minimum atomic E-state index is -3.99. The van der Waals surface area contributed by atoms with Crippen LogP contribution in [0.15, 0.2) is 71.6 Å². The van der Waals surface area contributed by atoms with Crippen molar-refractivity contribution in [3.8, 4) is 11.5 Å². The van der Waals surface area contributed by atoms with Gasteiger partial charge in [0.1, 0.15) is 11.5 Å². The number of hydrogen-bond acceptors (Lipinski definition) is 5. The standard InChI is InChI=1S/C22H22N2O5S/c1-3-15-8-10-16(11-9-15)22(26)23-19-14-17(12-13-20(19)25)30(27,28)24-18-6-4-5-7-21(18)29-2/h4-14,24-25H,3H2,1-2H3,(H,23,26). The van der Waals surface area contributed by atoms with Crippen LogP contribution in [0.3, 0.4) is 0 Å². The molecule has 7 nitrogen and oxygen atoms in total. The Morgan fingerprint density at radius 3 is 2.37 bits per heavy atom. The average Bonchev–Trinajstić information content (AvgIpc) is 2.75. The minimum Gasteiger partial charge on any atom is -0.506 e. The largest absolute Gasteiger partial charge is 0.506 e. The zero-order valence-corrected chi connectivity index (χ0v) is 17.4. The summed E-state index contributed by atoms with van der Waals surface area (Å²) in [4.78, 5) is 12.4. The maximum Gasteiger partial charge on any atom is 0.262 e. The van der Waals surface area contributed by atoms with Crippen LogP contribution in [-0.4, -0.2) is 26.5 Å². The van der Waals surface area contributed by atoms with Gasteiger partial charge in [-0.25, -0.2) is 8.42 Å². The molecule has 1 amide bonds. The zero-order chi connectivity index (χ0) is 21.7. The van der Waals surface area contributed by atoms with E-state index in [1.807, 2.05) is 19.1 Å². The number of para-hydroxylation sites is 2. The quantitative estimate of drug-likeness (QED) is 0.495. The number of carbonyl (C=O) groups excluding carboxylic acids is 1. The Morgan fingerprint density at radius 2 is 1.70 bits per heavy atom. The van der Waals surface area contributed by atoms with Crippen molar-refractivity contribution < 1.29 is 23.1 Å². The van der Waals surface area contributed by atoms with Crippen molar-refractivity contribution in [1.82, 2.24) is 0 Å². The number of aryl methyl sites for hydroxylation is 1. The molecule has 0 unspecified atom stereocenters. The van der Waals surface area contributed by atoms with E-state index >= 15 is 0 Å². The summed E-state index contributed by atoms with van der Waals surface area (Å²) in [5.74, 6) is -0.339. The summed E-state index contributed by atoms with van der Waals surface area (Å²) in [7, 11) is -2.55. The average molecular weight is 426 g/mol. The van der Waals surface area contributed by atoms with Crippen molar-refractivity contribution in [2.75, 3.05) is 17.1 Å². The van der Waals surface area contributed by atoms with Gasteiger partial charge < -0.3 is 15.2 Å². The molecule has 0 heterocycles. The first kappa shape index (κ1) is 21.2. The Balaban J connectivity index is 1.85. The number of benzene rings is 3. The van der Waals surface area contributed by atoms with Crippen LogP contribution in [0.4, 0.5) is 11.4 Å². The van der Waals surface area contributed by atoms with Crippen LogP contribution in [0, 0.1) is 0 Å². The van der Waals surface area contributed by atoms with Gasteiger partial charge >= 0.3 is 0 Å². The molecule has 0 aliphatic heterocycles. The smallest absolute Gasteiger partial charge is 0.262 e. The monoisotopic (exact) mass is 426 g/mol. The van der Waals surface area contributed by atoms with Crippen LogP contribution < -0.4 is 14.8 Å². The Kier molecular flexibility index (Phi) is 6.27. The van der Waals surface area contributed by atoms with E-state index in [-0.39, 0.29) is 22.0 Å². The molecule has 0 spiro atoms. The van der Waals surface area contributed by atoms with Crippen molar-refractivity contribution in [1.29, 1.82) is 0 Å². The first-order chi connectivity index (χ1) is 14.3. The predicted octanol–water partition coefficient (Wildman–Crippen LogP) is 4.02. The van der Waals surface area contributed by atoms with Crippen molar-refractivity contribution >= 4 is 27.3 Å². The lowest BCUT2D eigenvalue weighted by Gasteiger charge is -2.13. The molecule has 30 heavy (non-hydrogen) atoms. The van der Waals surface area contributed by atoms with Crippen molar-refractivity contribution in [2.24, 2.45) is 0 Å². The third kappa shape index (κ3) is 4.72. The molecule has 3 rings (SSSR count).